The molecule has 1 atom stereocenters. The Morgan fingerprint density at radius 3 is 2.92 bits per heavy atom. The van der Waals surface area contributed by atoms with E-state index in [1.165, 1.54) is 12.8 Å². The normalized spacial score (nSPS) is 18.5. The van der Waals surface area contributed by atoms with Gasteiger partial charge in [0.15, 0.2) is 0 Å². The van der Waals surface area contributed by atoms with Crippen molar-refractivity contribution in [3.8, 4) is 0 Å². The maximum atomic E-state index is 9.60. The Morgan fingerprint density at radius 1 is 1.46 bits per heavy atom. The highest BCUT2D eigenvalue weighted by atomic mass is 16.3. The van der Waals surface area contributed by atoms with Gasteiger partial charge >= 0.3 is 0 Å². The van der Waals surface area contributed by atoms with Gasteiger partial charge in [-0.1, -0.05) is 0 Å². The van der Waals surface area contributed by atoms with Gasteiger partial charge in [0.25, 0.3) is 0 Å². The second-order valence-electron chi connectivity index (χ2n) is 3.64. The lowest BCUT2D eigenvalue weighted by Gasteiger charge is -2.07. The summed E-state index contributed by atoms with van der Waals surface area (Å²) in [6, 6.07) is 0. The summed E-state index contributed by atoms with van der Waals surface area (Å²) in [7, 11) is 0. The quantitative estimate of drug-likeness (QED) is 0.753. The lowest BCUT2D eigenvalue weighted by molar-refractivity contribution is 0.141. The summed E-state index contributed by atoms with van der Waals surface area (Å²) in [6.45, 7) is 0. The van der Waals surface area contributed by atoms with Crippen LogP contribution < -0.4 is 0 Å². The lowest BCUT2D eigenvalue weighted by Crippen LogP contribution is -2.10. The highest BCUT2D eigenvalue weighted by molar-refractivity contribution is 4.95. The molecule has 1 aromatic heterocycles. The average molecular weight is 178 g/mol. The zero-order valence-corrected chi connectivity index (χ0v) is 7.56. The zero-order chi connectivity index (χ0) is 9.10. The first kappa shape index (κ1) is 8.63. The number of aliphatic hydroxyl groups is 1. The Kier molecular flexibility index (Phi) is 2.54. The van der Waals surface area contributed by atoms with Gasteiger partial charge in [0.2, 0.25) is 0 Å². The van der Waals surface area contributed by atoms with Crippen molar-refractivity contribution in [1.82, 2.24) is 9.97 Å². The molecule has 0 saturated heterocycles. The molecular formula is C10H14N2O. The van der Waals surface area contributed by atoms with Gasteiger partial charge in [-0.15, -0.1) is 0 Å². The third-order valence-electron chi connectivity index (χ3n) is 2.48. The van der Waals surface area contributed by atoms with E-state index in [1.54, 1.807) is 18.6 Å². The van der Waals surface area contributed by atoms with Gasteiger partial charge < -0.3 is 5.11 Å². The molecule has 70 valence electrons. The summed E-state index contributed by atoms with van der Waals surface area (Å²) in [5, 5.41) is 9.60. The summed E-state index contributed by atoms with van der Waals surface area (Å²) in [5.74, 6) is 0.566. The van der Waals surface area contributed by atoms with E-state index < -0.39 is 0 Å². The molecular weight excluding hydrogens is 164 g/mol. The summed E-state index contributed by atoms with van der Waals surface area (Å²) in [5.41, 5.74) is 0.974. The van der Waals surface area contributed by atoms with E-state index in [9.17, 15) is 5.11 Å². The van der Waals surface area contributed by atoms with E-state index in [0.717, 1.165) is 18.5 Å². The number of aliphatic hydroxyl groups excluding tert-OH is 1. The first-order chi connectivity index (χ1) is 6.36. The molecule has 1 unspecified atom stereocenters. The minimum Gasteiger partial charge on any atom is -0.393 e. The molecule has 0 bridgehead atoms. The number of aryl methyl sites for hydroxylation is 1. The second kappa shape index (κ2) is 3.83. The van der Waals surface area contributed by atoms with Gasteiger partial charge in [-0.3, -0.25) is 9.97 Å². The summed E-state index contributed by atoms with van der Waals surface area (Å²) in [4.78, 5) is 8.14. The summed E-state index contributed by atoms with van der Waals surface area (Å²) < 4.78 is 0. The van der Waals surface area contributed by atoms with Crippen LogP contribution in [0.4, 0.5) is 0 Å². The second-order valence-corrected chi connectivity index (χ2v) is 3.64. The number of hydrogen-bond donors (Lipinski definition) is 1. The van der Waals surface area contributed by atoms with Crippen LogP contribution in [0.3, 0.4) is 0 Å². The van der Waals surface area contributed by atoms with Crippen molar-refractivity contribution in [2.75, 3.05) is 0 Å². The highest BCUT2D eigenvalue weighted by Gasteiger charge is 2.29. The Morgan fingerprint density at radius 2 is 2.31 bits per heavy atom. The van der Waals surface area contributed by atoms with Crippen molar-refractivity contribution in [2.45, 2.75) is 31.8 Å². The Hall–Kier alpha value is -0.960. The molecule has 0 radical (unpaired) electrons. The van der Waals surface area contributed by atoms with E-state index in [2.05, 4.69) is 9.97 Å². The fourth-order valence-electron chi connectivity index (χ4n) is 1.47. The van der Waals surface area contributed by atoms with Gasteiger partial charge in [-0.2, -0.15) is 0 Å². The van der Waals surface area contributed by atoms with Crippen molar-refractivity contribution in [1.29, 1.82) is 0 Å². The molecule has 0 amide bonds. The molecule has 0 aromatic carbocycles. The van der Waals surface area contributed by atoms with Gasteiger partial charge in [-0.05, 0) is 31.6 Å². The van der Waals surface area contributed by atoms with Crippen molar-refractivity contribution in [3.05, 3.63) is 24.3 Å². The molecule has 1 aliphatic carbocycles. The molecule has 3 nitrogen and oxygen atoms in total. The molecule has 1 aliphatic rings. The SMILES string of the molecule is OC(CCc1cnccn1)C1CC1. The minimum absolute atomic E-state index is 0.123. The Labute approximate surface area is 77.8 Å². The van der Waals surface area contributed by atoms with Crippen molar-refractivity contribution < 1.29 is 5.11 Å². The number of rotatable bonds is 4. The Bertz CT molecular complexity index is 259. The lowest BCUT2D eigenvalue weighted by atomic mass is 10.1. The Balaban J connectivity index is 1.78. The predicted molar refractivity (Wildman–Crippen MR) is 49.1 cm³/mol. The van der Waals surface area contributed by atoms with E-state index in [4.69, 9.17) is 0 Å². The third kappa shape index (κ3) is 2.49. The first-order valence-electron chi connectivity index (χ1n) is 4.79. The molecule has 2 rings (SSSR count). The predicted octanol–water partition coefficient (Wildman–Crippen LogP) is 1.18. The topological polar surface area (TPSA) is 46.0 Å². The molecule has 1 N–H and O–H groups in total. The zero-order valence-electron chi connectivity index (χ0n) is 7.56. The van der Waals surface area contributed by atoms with Crippen LogP contribution in [0.5, 0.6) is 0 Å². The van der Waals surface area contributed by atoms with E-state index in [0.29, 0.717) is 5.92 Å². The average Bonchev–Trinajstić information content (AvgIpc) is 2.99. The molecule has 1 heterocycles. The smallest absolute Gasteiger partial charge is 0.0587 e. The van der Waals surface area contributed by atoms with Crippen LogP contribution in [0.15, 0.2) is 18.6 Å². The molecule has 1 saturated carbocycles. The van der Waals surface area contributed by atoms with E-state index >= 15 is 0 Å². The first-order valence-corrected chi connectivity index (χ1v) is 4.79. The van der Waals surface area contributed by atoms with Crippen molar-refractivity contribution in [2.24, 2.45) is 5.92 Å². The minimum atomic E-state index is -0.123. The van der Waals surface area contributed by atoms with Gasteiger partial charge in [0.05, 0.1) is 11.8 Å². The van der Waals surface area contributed by atoms with Crippen LogP contribution in [0.1, 0.15) is 25.0 Å². The fourth-order valence-corrected chi connectivity index (χ4v) is 1.47. The van der Waals surface area contributed by atoms with Crippen LogP contribution in [0.25, 0.3) is 0 Å². The third-order valence-corrected chi connectivity index (χ3v) is 2.48. The molecule has 0 aliphatic heterocycles. The number of nitrogens with zero attached hydrogens (tertiary/aromatic N) is 2. The monoisotopic (exact) mass is 178 g/mol. The van der Waals surface area contributed by atoms with E-state index in [-0.39, 0.29) is 6.10 Å². The summed E-state index contributed by atoms with van der Waals surface area (Å²) >= 11 is 0. The van der Waals surface area contributed by atoms with Gasteiger partial charge in [-0.25, -0.2) is 0 Å². The largest absolute Gasteiger partial charge is 0.393 e. The maximum absolute atomic E-state index is 9.60. The molecule has 1 fully saturated rings. The summed E-state index contributed by atoms with van der Waals surface area (Å²) in [6.07, 6.45) is 9.05. The molecule has 3 heteroatoms. The van der Waals surface area contributed by atoms with Crippen LogP contribution in [0.2, 0.25) is 0 Å². The van der Waals surface area contributed by atoms with Crippen molar-refractivity contribution >= 4 is 0 Å². The maximum Gasteiger partial charge on any atom is 0.0587 e. The fraction of sp³-hybridized carbons (Fsp3) is 0.600. The molecule has 0 spiro atoms. The van der Waals surface area contributed by atoms with Crippen LogP contribution in [0, 0.1) is 5.92 Å². The van der Waals surface area contributed by atoms with Gasteiger partial charge in [0, 0.05) is 18.6 Å². The van der Waals surface area contributed by atoms with E-state index in [1.807, 2.05) is 0 Å². The molecule has 1 aromatic rings. The van der Waals surface area contributed by atoms with Crippen LogP contribution in [-0.2, 0) is 6.42 Å². The molecule has 13 heavy (non-hydrogen) atoms. The van der Waals surface area contributed by atoms with Crippen LogP contribution in [-0.4, -0.2) is 21.2 Å². The van der Waals surface area contributed by atoms with Crippen molar-refractivity contribution in [3.63, 3.8) is 0 Å². The number of hydrogen-bond acceptors (Lipinski definition) is 3. The highest BCUT2D eigenvalue weighted by Crippen LogP contribution is 2.34. The number of aromatic nitrogens is 2. The van der Waals surface area contributed by atoms with Crippen LogP contribution >= 0.6 is 0 Å². The van der Waals surface area contributed by atoms with Gasteiger partial charge in [0.1, 0.15) is 0 Å². The standard InChI is InChI=1S/C10H14N2O/c13-10(8-1-2-8)4-3-9-7-11-5-6-12-9/h5-8,10,13H,1-4H2.